The SMILES string of the molecule is CO.Cc1cc(NC2CCN(C3CCCCC3)CC2)c(N)cc1Cl. The Labute approximate surface area is 151 Å². The molecule has 4 N–H and O–H groups in total. The molecule has 0 unspecified atom stereocenters. The highest BCUT2D eigenvalue weighted by Crippen LogP contribution is 2.30. The van der Waals surface area contributed by atoms with Crippen LogP contribution in [0.1, 0.15) is 50.5 Å². The Bertz CT molecular complexity index is 510. The van der Waals surface area contributed by atoms with E-state index in [4.69, 9.17) is 22.4 Å². The molecule has 1 aromatic rings. The monoisotopic (exact) mass is 353 g/mol. The van der Waals surface area contributed by atoms with Gasteiger partial charge in [0.2, 0.25) is 0 Å². The summed E-state index contributed by atoms with van der Waals surface area (Å²) in [5.41, 5.74) is 8.97. The van der Waals surface area contributed by atoms with E-state index in [0.29, 0.717) is 6.04 Å². The van der Waals surface area contributed by atoms with E-state index in [0.717, 1.165) is 35.1 Å². The van der Waals surface area contributed by atoms with Gasteiger partial charge in [0.15, 0.2) is 0 Å². The van der Waals surface area contributed by atoms with Crippen LogP contribution in [0.25, 0.3) is 0 Å². The van der Waals surface area contributed by atoms with Gasteiger partial charge in [-0.3, -0.25) is 0 Å². The van der Waals surface area contributed by atoms with E-state index < -0.39 is 0 Å². The van der Waals surface area contributed by atoms with E-state index in [9.17, 15) is 0 Å². The fourth-order valence-electron chi connectivity index (χ4n) is 3.90. The van der Waals surface area contributed by atoms with E-state index in [2.05, 4.69) is 16.3 Å². The van der Waals surface area contributed by atoms with Gasteiger partial charge >= 0.3 is 0 Å². The maximum atomic E-state index is 7.00. The molecule has 0 bridgehead atoms. The van der Waals surface area contributed by atoms with Crippen molar-refractivity contribution in [3.05, 3.63) is 22.7 Å². The maximum Gasteiger partial charge on any atom is 0.0579 e. The first-order valence-corrected chi connectivity index (χ1v) is 9.52. The van der Waals surface area contributed by atoms with Crippen molar-refractivity contribution < 1.29 is 5.11 Å². The molecule has 1 aliphatic carbocycles. The summed E-state index contributed by atoms with van der Waals surface area (Å²) >= 11 is 6.12. The number of rotatable bonds is 3. The summed E-state index contributed by atoms with van der Waals surface area (Å²) in [6, 6.07) is 5.31. The van der Waals surface area contributed by atoms with Crippen LogP contribution in [0.4, 0.5) is 11.4 Å². The standard InChI is InChI=1S/C18H28ClN3.CH4O/c1-13-11-18(17(20)12-16(13)19)21-14-7-9-22(10-8-14)15-5-3-2-4-6-15;1-2/h11-12,14-15,21H,2-10,20H2,1H3;2H,1H3. The molecule has 1 heterocycles. The topological polar surface area (TPSA) is 61.5 Å². The minimum absolute atomic E-state index is 0.530. The van der Waals surface area contributed by atoms with Crippen LogP contribution in [0, 0.1) is 6.92 Å². The molecule has 0 spiro atoms. The number of likely N-dealkylation sites (tertiary alicyclic amines) is 1. The van der Waals surface area contributed by atoms with Crippen molar-refractivity contribution in [3.63, 3.8) is 0 Å². The van der Waals surface area contributed by atoms with E-state index in [-0.39, 0.29) is 0 Å². The van der Waals surface area contributed by atoms with Crippen molar-refractivity contribution in [1.82, 2.24) is 4.90 Å². The van der Waals surface area contributed by atoms with Crippen molar-refractivity contribution in [2.45, 2.75) is 64.0 Å². The van der Waals surface area contributed by atoms with Gasteiger partial charge in [-0.15, -0.1) is 0 Å². The zero-order chi connectivity index (χ0) is 17.5. The molecule has 1 saturated carbocycles. The minimum atomic E-state index is 0.530. The second-order valence-corrected chi connectivity index (χ2v) is 7.34. The normalized spacial score (nSPS) is 20.3. The molecule has 0 atom stereocenters. The molecule has 4 nitrogen and oxygen atoms in total. The summed E-state index contributed by atoms with van der Waals surface area (Å²) in [6.45, 7) is 4.46. The van der Waals surface area contributed by atoms with Crippen LogP contribution in [0.5, 0.6) is 0 Å². The average Bonchev–Trinajstić information content (AvgIpc) is 2.63. The number of nitrogens with two attached hydrogens (primary N) is 1. The molecule has 136 valence electrons. The Balaban J connectivity index is 0.00000100. The Morgan fingerprint density at radius 2 is 1.71 bits per heavy atom. The van der Waals surface area contributed by atoms with Crippen LogP contribution in [-0.4, -0.2) is 42.3 Å². The van der Waals surface area contributed by atoms with Gasteiger partial charge in [0, 0.05) is 37.3 Å². The lowest BCUT2D eigenvalue weighted by molar-refractivity contribution is 0.126. The van der Waals surface area contributed by atoms with Crippen molar-refractivity contribution in [1.29, 1.82) is 0 Å². The second-order valence-electron chi connectivity index (χ2n) is 6.94. The number of benzene rings is 1. The van der Waals surface area contributed by atoms with E-state index in [1.807, 2.05) is 13.0 Å². The molecular weight excluding hydrogens is 322 g/mol. The number of piperidine rings is 1. The highest BCUT2D eigenvalue weighted by atomic mass is 35.5. The molecular formula is C19H32ClN3O. The maximum absolute atomic E-state index is 7.00. The summed E-state index contributed by atoms with van der Waals surface area (Å²) in [5.74, 6) is 0. The smallest absolute Gasteiger partial charge is 0.0579 e. The molecule has 0 amide bonds. The third kappa shape index (κ3) is 5.01. The summed E-state index contributed by atoms with van der Waals surface area (Å²) in [7, 11) is 1.00. The van der Waals surface area contributed by atoms with Gasteiger partial charge in [0.05, 0.1) is 11.4 Å². The summed E-state index contributed by atoms with van der Waals surface area (Å²) < 4.78 is 0. The lowest BCUT2D eigenvalue weighted by Gasteiger charge is -2.39. The Morgan fingerprint density at radius 3 is 2.33 bits per heavy atom. The quantitative estimate of drug-likeness (QED) is 0.717. The second kappa shape index (κ2) is 9.50. The predicted octanol–water partition coefficient (Wildman–Crippen LogP) is 4.05. The van der Waals surface area contributed by atoms with Gasteiger partial charge < -0.3 is 21.1 Å². The fraction of sp³-hybridized carbons (Fsp3) is 0.684. The Kier molecular flexibility index (Phi) is 7.66. The van der Waals surface area contributed by atoms with Crippen LogP contribution in [-0.2, 0) is 0 Å². The first-order valence-electron chi connectivity index (χ1n) is 9.14. The third-order valence-electron chi connectivity index (χ3n) is 5.31. The van der Waals surface area contributed by atoms with Crippen molar-refractivity contribution in [2.75, 3.05) is 31.2 Å². The number of aliphatic hydroxyl groups is 1. The molecule has 1 aromatic carbocycles. The lowest BCUT2D eigenvalue weighted by Crippen LogP contribution is -2.45. The van der Waals surface area contributed by atoms with Crippen molar-refractivity contribution in [3.8, 4) is 0 Å². The van der Waals surface area contributed by atoms with E-state index in [1.54, 1.807) is 0 Å². The van der Waals surface area contributed by atoms with Crippen LogP contribution >= 0.6 is 11.6 Å². The van der Waals surface area contributed by atoms with Gasteiger partial charge in [0.25, 0.3) is 0 Å². The Morgan fingerprint density at radius 1 is 1.08 bits per heavy atom. The first-order chi connectivity index (χ1) is 11.6. The average molecular weight is 354 g/mol. The lowest BCUT2D eigenvalue weighted by atomic mass is 9.92. The van der Waals surface area contributed by atoms with E-state index >= 15 is 0 Å². The minimum Gasteiger partial charge on any atom is -0.400 e. The highest BCUT2D eigenvalue weighted by molar-refractivity contribution is 6.31. The third-order valence-corrected chi connectivity index (χ3v) is 5.72. The summed E-state index contributed by atoms with van der Waals surface area (Å²) in [5, 5.41) is 11.4. The summed E-state index contributed by atoms with van der Waals surface area (Å²) in [4.78, 5) is 2.72. The first kappa shape index (κ1) is 19.4. The Hall–Kier alpha value is -0.970. The number of hydrogen-bond donors (Lipinski definition) is 3. The number of nitrogen functional groups attached to an aromatic ring is 1. The number of nitrogens with one attached hydrogen (secondary N) is 1. The fourth-order valence-corrected chi connectivity index (χ4v) is 4.07. The number of hydrogen-bond acceptors (Lipinski definition) is 4. The van der Waals surface area contributed by atoms with Crippen molar-refractivity contribution in [2.24, 2.45) is 0 Å². The molecule has 0 aromatic heterocycles. The molecule has 3 rings (SSSR count). The van der Waals surface area contributed by atoms with Crippen LogP contribution < -0.4 is 11.1 Å². The van der Waals surface area contributed by atoms with Crippen LogP contribution in [0.2, 0.25) is 5.02 Å². The number of aryl methyl sites for hydroxylation is 1. The molecule has 1 saturated heterocycles. The zero-order valence-electron chi connectivity index (χ0n) is 15.0. The molecule has 5 heteroatoms. The van der Waals surface area contributed by atoms with E-state index in [1.165, 1.54) is 58.0 Å². The van der Waals surface area contributed by atoms with Gasteiger partial charge in [-0.2, -0.15) is 0 Å². The number of halogens is 1. The molecule has 2 fully saturated rings. The predicted molar refractivity (Wildman–Crippen MR) is 104 cm³/mol. The van der Waals surface area contributed by atoms with Gasteiger partial charge in [0.1, 0.15) is 0 Å². The number of aliphatic hydroxyl groups excluding tert-OH is 1. The molecule has 0 radical (unpaired) electrons. The molecule has 24 heavy (non-hydrogen) atoms. The van der Waals surface area contributed by atoms with Gasteiger partial charge in [-0.25, -0.2) is 0 Å². The number of nitrogens with zero attached hydrogens (tertiary/aromatic N) is 1. The molecule has 2 aliphatic rings. The zero-order valence-corrected chi connectivity index (χ0v) is 15.8. The number of anilines is 2. The highest BCUT2D eigenvalue weighted by Gasteiger charge is 2.26. The van der Waals surface area contributed by atoms with Crippen LogP contribution in [0.15, 0.2) is 12.1 Å². The van der Waals surface area contributed by atoms with Gasteiger partial charge in [-0.1, -0.05) is 30.9 Å². The molecule has 1 aliphatic heterocycles. The summed E-state index contributed by atoms with van der Waals surface area (Å²) in [6.07, 6.45) is 9.49. The van der Waals surface area contributed by atoms with Crippen molar-refractivity contribution >= 4 is 23.0 Å². The largest absolute Gasteiger partial charge is 0.400 e. The van der Waals surface area contributed by atoms with Gasteiger partial charge in [-0.05, 0) is 50.3 Å². The van der Waals surface area contributed by atoms with Crippen LogP contribution in [0.3, 0.4) is 0 Å².